The molecule has 1 aromatic rings. The van der Waals surface area contributed by atoms with Crippen LogP contribution in [0.15, 0.2) is 23.1 Å². The van der Waals surface area contributed by atoms with Crippen LogP contribution in [0, 0.1) is 0 Å². The standard InChI is InChI=1S/C11H15F2NOS/c1-7(4-5-15)16-10-3-2-8(14)6-9(10)11(12)13/h2-3,6-7,11,15H,4-5,14H2,1H3. The van der Waals surface area contributed by atoms with E-state index in [9.17, 15) is 8.78 Å². The van der Waals surface area contributed by atoms with Gasteiger partial charge in [-0.25, -0.2) is 8.78 Å². The molecule has 1 rings (SSSR count). The number of halogens is 2. The van der Waals surface area contributed by atoms with Crippen LogP contribution in [-0.4, -0.2) is 17.0 Å². The second kappa shape index (κ2) is 6.06. The van der Waals surface area contributed by atoms with Crippen LogP contribution < -0.4 is 5.73 Å². The first kappa shape index (κ1) is 13.3. The van der Waals surface area contributed by atoms with E-state index in [1.165, 1.54) is 17.8 Å². The molecule has 0 aromatic heterocycles. The Kier molecular flexibility index (Phi) is 5.02. The summed E-state index contributed by atoms with van der Waals surface area (Å²) in [6.45, 7) is 1.96. The summed E-state index contributed by atoms with van der Waals surface area (Å²) in [6, 6.07) is 4.52. The highest BCUT2D eigenvalue weighted by molar-refractivity contribution is 8.00. The van der Waals surface area contributed by atoms with Crippen LogP contribution in [0.3, 0.4) is 0 Å². The smallest absolute Gasteiger partial charge is 0.265 e. The number of anilines is 1. The maximum absolute atomic E-state index is 12.7. The topological polar surface area (TPSA) is 46.2 Å². The van der Waals surface area contributed by atoms with Crippen LogP contribution in [-0.2, 0) is 0 Å². The van der Waals surface area contributed by atoms with E-state index in [-0.39, 0.29) is 17.4 Å². The summed E-state index contributed by atoms with van der Waals surface area (Å²) < 4.78 is 25.5. The minimum absolute atomic E-state index is 0.0326. The number of hydrogen-bond donors (Lipinski definition) is 2. The molecule has 0 spiro atoms. The predicted octanol–water partition coefficient (Wildman–Crippen LogP) is 3.07. The van der Waals surface area contributed by atoms with Crippen molar-refractivity contribution < 1.29 is 13.9 Å². The van der Waals surface area contributed by atoms with E-state index >= 15 is 0 Å². The number of thioether (sulfide) groups is 1. The van der Waals surface area contributed by atoms with Gasteiger partial charge >= 0.3 is 0 Å². The summed E-state index contributed by atoms with van der Waals surface area (Å²) in [5, 5.41) is 8.86. The molecular weight excluding hydrogens is 232 g/mol. The molecule has 90 valence electrons. The zero-order chi connectivity index (χ0) is 12.1. The second-order valence-electron chi connectivity index (χ2n) is 3.54. The minimum Gasteiger partial charge on any atom is -0.399 e. The molecule has 0 fully saturated rings. The maximum Gasteiger partial charge on any atom is 0.265 e. The van der Waals surface area contributed by atoms with Gasteiger partial charge in [-0.2, -0.15) is 0 Å². The van der Waals surface area contributed by atoms with Crippen molar-refractivity contribution in [3.63, 3.8) is 0 Å². The largest absolute Gasteiger partial charge is 0.399 e. The molecule has 16 heavy (non-hydrogen) atoms. The molecule has 5 heteroatoms. The number of aliphatic hydroxyl groups is 1. The van der Waals surface area contributed by atoms with Gasteiger partial charge in [0.1, 0.15) is 0 Å². The Balaban J connectivity index is 2.86. The van der Waals surface area contributed by atoms with Crippen molar-refractivity contribution >= 4 is 17.4 Å². The summed E-state index contributed by atoms with van der Waals surface area (Å²) >= 11 is 1.34. The van der Waals surface area contributed by atoms with Crippen LogP contribution in [0.2, 0.25) is 0 Å². The van der Waals surface area contributed by atoms with Gasteiger partial charge in [-0.1, -0.05) is 6.92 Å². The molecular formula is C11H15F2NOS. The fraction of sp³-hybridized carbons (Fsp3) is 0.455. The lowest BCUT2D eigenvalue weighted by atomic mass is 10.2. The van der Waals surface area contributed by atoms with Gasteiger partial charge in [-0.05, 0) is 24.6 Å². The van der Waals surface area contributed by atoms with Crippen LogP contribution in [0.5, 0.6) is 0 Å². The molecule has 0 saturated carbocycles. The normalized spacial score (nSPS) is 13.1. The average molecular weight is 247 g/mol. The number of alkyl halides is 2. The van der Waals surface area contributed by atoms with Crippen LogP contribution >= 0.6 is 11.8 Å². The quantitative estimate of drug-likeness (QED) is 0.621. The number of aliphatic hydroxyl groups excluding tert-OH is 1. The number of nitrogens with two attached hydrogens (primary N) is 1. The van der Waals surface area contributed by atoms with E-state index in [2.05, 4.69) is 0 Å². The fourth-order valence-electron chi connectivity index (χ4n) is 1.30. The summed E-state index contributed by atoms with van der Waals surface area (Å²) in [7, 11) is 0. The Morgan fingerprint density at radius 3 is 2.69 bits per heavy atom. The molecule has 1 unspecified atom stereocenters. The van der Waals surface area contributed by atoms with Gasteiger partial charge in [0.25, 0.3) is 6.43 Å². The molecule has 1 aromatic carbocycles. The molecule has 0 aliphatic rings. The highest BCUT2D eigenvalue weighted by Gasteiger charge is 2.15. The molecule has 0 aliphatic heterocycles. The van der Waals surface area contributed by atoms with Crippen LogP contribution in [0.1, 0.15) is 25.3 Å². The highest BCUT2D eigenvalue weighted by Crippen LogP contribution is 2.34. The third kappa shape index (κ3) is 3.64. The average Bonchev–Trinajstić information content (AvgIpc) is 2.20. The van der Waals surface area contributed by atoms with Crippen molar-refractivity contribution in [1.29, 1.82) is 0 Å². The summed E-state index contributed by atoms with van der Waals surface area (Å²) in [4.78, 5) is 0.533. The maximum atomic E-state index is 12.7. The SMILES string of the molecule is CC(CCO)Sc1ccc(N)cc1C(F)F. The highest BCUT2D eigenvalue weighted by atomic mass is 32.2. The lowest BCUT2D eigenvalue weighted by molar-refractivity contribution is 0.148. The van der Waals surface area contributed by atoms with Gasteiger partial charge in [0, 0.05) is 28.0 Å². The number of rotatable bonds is 5. The first-order chi connectivity index (χ1) is 7.54. The van der Waals surface area contributed by atoms with E-state index in [1.54, 1.807) is 12.1 Å². The zero-order valence-corrected chi connectivity index (χ0v) is 9.81. The Bertz CT molecular complexity index is 347. The van der Waals surface area contributed by atoms with Gasteiger partial charge in [0.15, 0.2) is 0 Å². The van der Waals surface area contributed by atoms with Gasteiger partial charge < -0.3 is 10.8 Å². The number of nitrogen functional groups attached to an aromatic ring is 1. The van der Waals surface area contributed by atoms with Crippen LogP contribution in [0.4, 0.5) is 14.5 Å². The molecule has 3 N–H and O–H groups in total. The molecule has 1 atom stereocenters. The van der Waals surface area contributed by atoms with E-state index in [1.807, 2.05) is 6.92 Å². The minimum atomic E-state index is -2.52. The van der Waals surface area contributed by atoms with Crippen molar-refractivity contribution in [2.75, 3.05) is 12.3 Å². The Labute approximate surface area is 97.8 Å². The summed E-state index contributed by atoms with van der Waals surface area (Å²) in [6.07, 6.45) is -1.94. The zero-order valence-electron chi connectivity index (χ0n) is 8.99. The van der Waals surface area contributed by atoms with Crippen molar-refractivity contribution in [2.24, 2.45) is 0 Å². The summed E-state index contributed by atoms with van der Waals surface area (Å²) in [5.74, 6) is 0. The molecule has 2 nitrogen and oxygen atoms in total. The molecule has 0 bridgehead atoms. The lowest BCUT2D eigenvalue weighted by Crippen LogP contribution is -2.01. The first-order valence-electron chi connectivity index (χ1n) is 4.99. The number of benzene rings is 1. The Morgan fingerprint density at radius 2 is 2.12 bits per heavy atom. The molecule has 0 amide bonds. The number of hydrogen-bond acceptors (Lipinski definition) is 3. The molecule has 0 heterocycles. The van der Waals surface area contributed by atoms with E-state index in [4.69, 9.17) is 10.8 Å². The van der Waals surface area contributed by atoms with Gasteiger partial charge in [-0.15, -0.1) is 11.8 Å². The summed E-state index contributed by atoms with van der Waals surface area (Å²) in [5.41, 5.74) is 5.78. The van der Waals surface area contributed by atoms with Crippen LogP contribution in [0.25, 0.3) is 0 Å². The predicted molar refractivity (Wildman–Crippen MR) is 62.8 cm³/mol. The molecule has 0 aliphatic carbocycles. The van der Waals surface area contributed by atoms with E-state index < -0.39 is 6.43 Å². The van der Waals surface area contributed by atoms with Crippen molar-refractivity contribution in [3.05, 3.63) is 23.8 Å². The van der Waals surface area contributed by atoms with E-state index in [0.29, 0.717) is 17.0 Å². The third-order valence-corrected chi connectivity index (χ3v) is 3.40. The monoisotopic (exact) mass is 247 g/mol. The molecule has 0 saturated heterocycles. The van der Waals surface area contributed by atoms with Crippen molar-refractivity contribution in [1.82, 2.24) is 0 Å². The van der Waals surface area contributed by atoms with Gasteiger partial charge in [-0.3, -0.25) is 0 Å². The third-order valence-electron chi connectivity index (χ3n) is 2.13. The van der Waals surface area contributed by atoms with Gasteiger partial charge in [0.05, 0.1) is 0 Å². The second-order valence-corrected chi connectivity index (χ2v) is 5.02. The van der Waals surface area contributed by atoms with Gasteiger partial charge in [0.2, 0.25) is 0 Å². The van der Waals surface area contributed by atoms with Crippen molar-refractivity contribution in [2.45, 2.75) is 29.9 Å². The Morgan fingerprint density at radius 1 is 1.44 bits per heavy atom. The lowest BCUT2D eigenvalue weighted by Gasteiger charge is -2.13. The Hall–Kier alpha value is -0.810. The van der Waals surface area contributed by atoms with Crippen molar-refractivity contribution in [3.8, 4) is 0 Å². The van der Waals surface area contributed by atoms with E-state index in [0.717, 1.165) is 0 Å². The fourth-order valence-corrected chi connectivity index (χ4v) is 2.39. The first-order valence-corrected chi connectivity index (χ1v) is 5.87. The molecule has 0 radical (unpaired) electrons.